The van der Waals surface area contributed by atoms with Crippen molar-refractivity contribution < 1.29 is 25.2 Å². The molecule has 0 aliphatic carbocycles. The van der Waals surface area contributed by atoms with Crippen molar-refractivity contribution in [2.75, 3.05) is 6.61 Å². The van der Waals surface area contributed by atoms with E-state index in [0.717, 1.165) is 38.5 Å². The van der Waals surface area contributed by atoms with Crippen LogP contribution in [-0.4, -0.2) is 57.3 Å². The highest BCUT2D eigenvalue weighted by molar-refractivity contribution is 5.80. The molecule has 4 atom stereocenters. The highest BCUT2D eigenvalue weighted by atomic mass is 16.3. The molecule has 1 amide bonds. The maximum Gasteiger partial charge on any atom is 0.249 e. The molecule has 4 unspecified atom stereocenters. The lowest BCUT2D eigenvalue weighted by atomic mass is 9.99. The second-order valence-electron chi connectivity index (χ2n) is 26.0. The average molecular weight is 1120 g/mol. The van der Waals surface area contributed by atoms with Crippen LogP contribution in [0.1, 0.15) is 431 Å². The van der Waals surface area contributed by atoms with E-state index in [9.17, 15) is 25.2 Å². The van der Waals surface area contributed by atoms with Crippen molar-refractivity contribution in [2.24, 2.45) is 0 Å². The van der Waals surface area contributed by atoms with Gasteiger partial charge in [-0.25, -0.2) is 0 Å². The van der Waals surface area contributed by atoms with Gasteiger partial charge in [-0.3, -0.25) is 4.79 Å². The minimum absolute atomic E-state index is 0.377. The average Bonchev–Trinajstić information content (AvgIpc) is 3.45. The van der Waals surface area contributed by atoms with Gasteiger partial charge < -0.3 is 25.7 Å². The third-order valence-electron chi connectivity index (χ3n) is 18.1. The van der Waals surface area contributed by atoms with Crippen molar-refractivity contribution in [1.82, 2.24) is 5.32 Å². The van der Waals surface area contributed by atoms with E-state index in [2.05, 4.69) is 19.2 Å². The maximum atomic E-state index is 12.7. The molecule has 79 heavy (non-hydrogen) atoms. The summed E-state index contributed by atoms with van der Waals surface area (Å²) in [5, 5.41) is 44.3. The molecule has 0 aromatic carbocycles. The van der Waals surface area contributed by atoms with E-state index in [1.807, 2.05) is 0 Å². The number of hydrogen-bond donors (Lipinski definition) is 5. The molecular formula is C73H147NO5. The van der Waals surface area contributed by atoms with Crippen LogP contribution in [0.25, 0.3) is 0 Å². The molecule has 0 fully saturated rings. The van der Waals surface area contributed by atoms with Crippen LogP contribution in [-0.2, 0) is 4.79 Å². The second kappa shape index (κ2) is 68.1. The Morgan fingerprint density at radius 2 is 0.430 bits per heavy atom. The topological polar surface area (TPSA) is 110 Å². The smallest absolute Gasteiger partial charge is 0.249 e. The van der Waals surface area contributed by atoms with Gasteiger partial charge in [-0.1, -0.05) is 418 Å². The zero-order valence-electron chi connectivity index (χ0n) is 54.2. The molecule has 5 N–H and O–H groups in total. The van der Waals surface area contributed by atoms with E-state index in [1.165, 1.54) is 366 Å². The van der Waals surface area contributed by atoms with Crippen LogP contribution in [0.3, 0.4) is 0 Å². The highest BCUT2D eigenvalue weighted by Gasteiger charge is 2.28. The molecule has 6 nitrogen and oxygen atoms in total. The van der Waals surface area contributed by atoms with Gasteiger partial charge in [0.15, 0.2) is 0 Å². The first kappa shape index (κ1) is 78.3. The quantitative estimate of drug-likeness (QED) is 0.0390. The maximum absolute atomic E-state index is 12.7. The number of hydrogen-bond acceptors (Lipinski definition) is 5. The molecule has 0 spiro atoms. The van der Waals surface area contributed by atoms with Crippen molar-refractivity contribution in [3.63, 3.8) is 0 Å². The van der Waals surface area contributed by atoms with E-state index in [-0.39, 0.29) is 0 Å². The Bertz CT molecular complexity index is 1120. The van der Waals surface area contributed by atoms with E-state index in [4.69, 9.17) is 0 Å². The van der Waals surface area contributed by atoms with Gasteiger partial charge in [-0.2, -0.15) is 0 Å². The van der Waals surface area contributed by atoms with E-state index in [1.54, 1.807) is 0 Å². The summed E-state index contributed by atoms with van der Waals surface area (Å²) in [5.74, 6) is -0.572. The number of aliphatic hydroxyl groups is 4. The summed E-state index contributed by atoms with van der Waals surface area (Å²) in [6.45, 7) is 4.13. The first-order chi connectivity index (χ1) is 39.0. The van der Waals surface area contributed by atoms with Gasteiger partial charge in [0.05, 0.1) is 18.8 Å². The number of amides is 1. The Kier molecular flexibility index (Phi) is 67.5. The monoisotopic (exact) mass is 1120 g/mol. The van der Waals surface area contributed by atoms with Gasteiger partial charge in [-0.15, -0.1) is 0 Å². The van der Waals surface area contributed by atoms with Gasteiger partial charge in [0.25, 0.3) is 0 Å². The zero-order chi connectivity index (χ0) is 57.3. The zero-order valence-corrected chi connectivity index (χ0v) is 54.2. The number of aliphatic hydroxyl groups excluding tert-OH is 4. The SMILES string of the molecule is CCCCCCCCCCCCCCCCCCCCCCCCCCCCCCCCCCC(O)C(O)C(CO)NC(=O)C(O)CCCCCCCCCCCCCCCCCCCCCCCCCCCCCCCCC. The highest BCUT2D eigenvalue weighted by Crippen LogP contribution is 2.21. The molecule has 0 aliphatic heterocycles. The number of nitrogens with one attached hydrogen (secondary N) is 1. The Balaban J connectivity index is 3.49. The van der Waals surface area contributed by atoms with Crippen LogP contribution < -0.4 is 5.32 Å². The molecule has 0 heterocycles. The minimum Gasteiger partial charge on any atom is -0.394 e. The Morgan fingerprint density at radius 1 is 0.266 bits per heavy atom. The van der Waals surface area contributed by atoms with Gasteiger partial charge >= 0.3 is 0 Å². The molecule has 0 bridgehead atoms. The van der Waals surface area contributed by atoms with Crippen LogP contribution in [0.2, 0.25) is 0 Å². The number of carbonyl (C=O) groups excluding carboxylic acids is 1. The van der Waals surface area contributed by atoms with E-state index < -0.39 is 36.9 Å². The van der Waals surface area contributed by atoms with Gasteiger partial charge in [-0.05, 0) is 12.8 Å². The van der Waals surface area contributed by atoms with Gasteiger partial charge in [0, 0.05) is 0 Å². The van der Waals surface area contributed by atoms with Gasteiger partial charge in [0.1, 0.15) is 12.2 Å². The number of rotatable bonds is 70. The molecule has 0 radical (unpaired) electrons. The number of unbranched alkanes of at least 4 members (excludes halogenated alkanes) is 61. The van der Waals surface area contributed by atoms with Crippen molar-refractivity contribution in [3.05, 3.63) is 0 Å². The largest absolute Gasteiger partial charge is 0.394 e. The summed E-state index contributed by atoms with van der Waals surface area (Å²) in [4.78, 5) is 12.7. The molecule has 0 rings (SSSR count). The summed E-state index contributed by atoms with van der Waals surface area (Å²) in [5.41, 5.74) is 0. The molecule has 0 aliphatic rings. The third kappa shape index (κ3) is 61.7. The fourth-order valence-electron chi connectivity index (χ4n) is 12.4. The van der Waals surface area contributed by atoms with Crippen LogP contribution >= 0.6 is 0 Å². The molecule has 0 saturated carbocycles. The van der Waals surface area contributed by atoms with Crippen LogP contribution in [0.15, 0.2) is 0 Å². The van der Waals surface area contributed by atoms with E-state index >= 15 is 0 Å². The summed E-state index contributed by atoms with van der Waals surface area (Å²) >= 11 is 0. The molecular weight excluding hydrogens is 971 g/mol. The van der Waals surface area contributed by atoms with Crippen molar-refractivity contribution >= 4 is 5.91 Å². The van der Waals surface area contributed by atoms with Crippen LogP contribution in [0, 0.1) is 0 Å². The minimum atomic E-state index is -1.26. The molecule has 6 heteroatoms. The third-order valence-corrected chi connectivity index (χ3v) is 18.1. The summed E-state index contributed by atoms with van der Waals surface area (Å²) in [7, 11) is 0. The first-order valence-corrected chi connectivity index (χ1v) is 36.9. The van der Waals surface area contributed by atoms with Crippen molar-refractivity contribution in [3.8, 4) is 0 Å². The predicted octanol–water partition coefficient (Wildman–Crippen LogP) is 22.9. The summed E-state index contributed by atoms with van der Waals surface area (Å²) in [6, 6.07) is -0.983. The molecule has 474 valence electrons. The first-order valence-electron chi connectivity index (χ1n) is 36.9. The Morgan fingerprint density at radius 3 is 0.608 bits per heavy atom. The number of carbonyl (C=O) groups is 1. The lowest BCUT2D eigenvalue weighted by molar-refractivity contribution is -0.132. The predicted molar refractivity (Wildman–Crippen MR) is 348 cm³/mol. The fourth-order valence-corrected chi connectivity index (χ4v) is 12.4. The molecule has 0 aromatic heterocycles. The van der Waals surface area contributed by atoms with Crippen LogP contribution in [0.4, 0.5) is 0 Å². The standard InChI is InChI=1S/C73H147NO5/c1-3-5-7-9-11-13-15-17-19-21-23-25-27-29-31-33-35-37-38-40-42-44-46-48-50-52-54-56-58-60-62-64-66-70(76)72(78)69(68-75)74-73(79)71(77)67-65-63-61-59-57-55-53-51-49-47-45-43-41-39-36-34-32-30-28-26-24-22-20-18-16-14-12-10-8-6-4-2/h69-72,75-78H,3-68H2,1-2H3,(H,74,79). The van der Waals surface area contributed by atoms with Gasteiger partial charge in [0.2, 0.25) is 5.91 Å². The second-order valence-corrected chi connectivity index (χ2v) is 26.0. The lowest BCUT2D eigenvalue weighted by Crippen LogP contribution is -2.53. The van der Waals surface area contributed by atoms with Crippen molar-refractivity contribution in [1.29, 1.82) is 0 Å². The molecule has 0 saturated heterocycles. The lowest BCUT2D eigenvalue weighted by Gasteiger charge is -2.27. The Labute approximate surface area is 496 Å². The normalized spacial score (nSPS) is 13.3. The van der Waals surface area contributed by atoms with Crippen LogP contribution in [0.5, 0.6) is 0 Å². The Hall–Kier alpha value is -0.690. The molecule has 0 aromatic rings. The fraction of sp³-hybridized carbons (Fsp3) is 0.986. The summed E-state index contributed by atoms with van der Waals surface area (Å²) in [6.07, 6.45) is 83.9. The summed E-state index contributed by atoms with van der Waals surface area (Å²) < 4.78 is 0. The van der Waals surface area contributed by atoms with Crippen molar-refractivity contribution in [2.45, 2.75) is 456 Å². The van der Waals surface area contributed by atoms with E-state index in [0.29, 0.717) is 12.8 Å².